The Morgan fingerprint density at radius 1 is 0.638 bits per heavy atom. The maximum Gasteiger partial charge on any atom is 0.330 e. The summed E-state index contributed by atoms with van der Waals surface area (Å²) in [5, 5.41) is 1.81. The number of hydrogen-bond donors (Lipinski definition) is 0. The van der Waals surface area contributed by atoms with E-state index in [-0.39, 0.29) is 26.4 Å². The van der Waals surface area contributed by atoms with E-state index in [4.69, 9.17) is 28.9 Å². The van der Waals surface area contributed by atoms with Gasteiger partial charge in [-0.05, 0) is 58.7 Å². The van der Waals surface area contributed by atoms with Gasteiger partial charge >= 0.3 is 11.9 Å². The van der Waals surface area contributed by atoms with Crippen molar-refractivity contribution < 1.29 is 28.5 Å². The van der Waals surface area contributed by atoms with Gasteiger partial charge in [0.1, 0.15) is 53.4 Å². The van der Waals surface area contributed by atoms with E-state index >= 15 is 0 Å². The summed E-state index contributed by atoms with van der Waals surface area (Å²) >= 11 is 3.22. The monoisotopic (exact) mass is 660 g/mol. The first-order valence-electron chi connectivity index (χ1n) is 14.9. The number of ether oxygens (including phenoxy) is 4. The van der Waals surface area contributed by atoms with Crippen molar-refractivity contribution in [2.45, 2.75) is 5.41 Å². The van der Waals surface area contributed by atoms with Crippen LogP contribution >= 0.6 is 22.7 Å². The lowest BCUT2D eigenvalue weighted by molar-refractivity contribution is -0.139. The number of nitrogens with zero attached hydrogens (tertiary/aromatic N) is 2. The van der Waals surface area contributed by atoms with Crippen LogP contribution in [-0.4, -0.2) is 48.3 Å². The number of fused-ring (bicyclic) bond motifs is 5. The molecule has 0 amide bonds. The Morgan fingerprint density at radius 2 is 1.09 bits per heavy atom. The van der Waals surface area contributed by atoms with Crippen molar-refractivity contribution in [1.29, 1.82) is 0 Å². The van der Waals surface area contributed by atoms with Crippen molar-refractivity contribution in [1.82, 2.24) is 9.97 Å². The molecule has 0 unspecified atom stereocenters. The van der Waals surface area contributed by atoms with Gasteiger partial charge in [0, 0.05) is 12.2 Å². The van der Waals surface area contributed by atoms with Crippen LogP contribution in [0.4, 0.5) is 0 Å². The Balaban J connectivity index is 1.30. The van der Waals surface area contributed by atoms with Gasteiger partial charge in [-0.1, -0.05) is 61.7 Å². The molecule has 0 spiro atoms. The fourth-order valence-corrected chi connectivity index (χ4v) is 8.31. The van der Waals surface area contributed by atoms with E-state index in [1.165, 1.54) is 0 Å². The molecule has 2 aromatic heterocycles. The highest BCUT2D eigenvalue weighted by Gasteiger charge is 2.50. The molecule has 2 heterocycles. The summed E-state index contributed by atoms with van der Waals surface area (Å²) in [5.41, 5.74) is 5.51. The molecule has 234 valence electrons. The minimum absolute atomic E-state index is 0.126. The zero-order valence-corrected chi connectivity index (χ0v) is 26.8. The molecule has 6 aromatic rings. The Hall–Kier alpha value is -5.32. The van der Waals surface area contributed by atoms with E-state index in [1.54, 1.807) is 22.7 Å². The molecule has 47 heavy (non-hydrogen) atoms. The summed E-state index contributed by atoms with van der Waals surface area (Å²) in [7, 11) is 0. The first kappa shape index (κ1) is 30.3. The number of carbonyl (C=O) groups excluding carboxylic acids is 2. The Morgan fingerprint density at radius 3 is 1.53 bits per heavy atom. The lowest BCUT2D eigenvalue weighted by Gasteiger charge is -2.27. The van der Waals surface area contributed by atoms with Gasteiger partial charge in [0.15, 0.2) is 0 Å². The zero-order valence-electron chi connectivity index (χ0n) is 25.1. The predicted molar refractivity (Wildman–Crippen MR) is 183 cm³/mol. The quantitative estimate of drug-likeness (QED) is 0.0756. The number of carbonyl (C=O) groups is 2. The van der Waals surface area contributed by atoms with Crippen LogP contribution in [0, 0.1) is 0 Å². The minimum atomic E-state index is -0.750. The smallest absolute Gasteiger partial charge is 0.330 e. The molecule has 0 bridgehead atoms. The maximum atomic E-state index is 11.4. The van der Waals surface area contributed by atoms with E-state index in [9.17, 15) is 9.59 Å². The van der Waals surface area contributed by atoms with E-state index in [0.717, 1.165) is 64.9 Å². The summed E-state index contributed by atoms with van der Waals surface area (Å²) in [6, 6.07) is 28.5. The molecule has 8 nitrogen and oxygen atoms in total. The molecule has 0 N–H and O–H groups in total. The van der Waals surface area contributed by atoms with Gasteiger partial charge in [0.05, 0.1) is 20.4 Å². The SMILES string of the molecule is C=CC(=O)OCCOc1ccc2nc(C3(c4nc5ccc(OCCOC(=O)C=C)cc5s4)c4ccccc4-c4ccccc43)sc2c1. The van der Waals surface area contributed by atoms with Gasteiger partial charge in [-0.25, -0.2) is 19.6 Å². The molecule has 10 heteroatoms. The lowest BCUT2D eigenvalue weighted by atomic mass is 9.79. The second-order valence-corrected chi connectivity index (χ2v) is 12.6. The van der Waals surface area contributed by atoms with Crippen LogP contribution in [0.3, 0.4) is 0 Å². The number of aromatic nitrogens is 2. The maximum absolute atomic E-state index is 11.4. The van der Waals surface area contributed by atoms with Gasteiger partial charge in [-0.2, -0.15) is 0 Å². The average molecular weight is 661 g/mol. The largest absolute Gasteiger partial charge is 0.490 e. The number of hydrogen-bond acceptors (Lipinski definition) is 10. The number of rotatable bonds is 12. The van der Waals surface area contributed by atoms with Crippen LogP contribution < -0.4 is 9.47 Å². The molecular formula is C37H28N2O6S2. The molecule has 0 aliphatic heterocycles. The minimum Gasteiger partial charge on any atom is -0.490 e. The third-order valence-electron chi connectivity index (χ3n) is 7.84. The van der Waals surface area contributed by atoms with Gasteiger partial charge in [-0.3, -0.25) is 0 Å². The van der Waals surface area contributed by atoms with Crippen molar-refractivity contribution in [3.05, 3.63) is 131 Å². The van der Waals surface area contributed by atoms with Crippen LogP contribution in [-0.2, 0) is 24.5 Å². The normalized spacial score (nSPS) is 12.7. The standard InChI is InChI=1S/C37H28N2O6S2/c1-3-33(40)44-19-17-42-23-13-15-29-31(21-23)46-35(38-29)37(27-11-7-5-9-25(27)26-10-6-8-12-28(26)37)36-39-30-16-14-24(22-32(30)47-36)43-18-20-45-34(41)4-2/h3-16,21-22H,1-2,17-20H2. The summed E-state index contributed by atoms with van der Waals surface area (Å²) in [4.78, 5) is 33.2. The van der Waals surface area contributed by atoms with Gasteiger partial charge < -0.3 is 18.9 Å². The van der Waals surface area contributed by atoms with Gasteiger partial charge in [0.2, 0.25) is 0 Å². The lowest BCUT2D eigenvalue weighted by Crippen LogP contribution is -2.28. The second kappa shape index (κ2) is 12.8. The van der Waals surface area contributed by atoms with Crippen LogP contribution in [0.1, 0.15) is 21.1 Å². The summed E-state index contributed by atoms with van der Waals surface area (Å²) < 4.78 is 23.8. The first-order valence-corrected chi connectivity index (χ1v) is 16.5. The third-order valence-corrected chi connectivity index (χ3v) is 10.1. The number of benzene rings is 4. The fourth-order valence-electron chi connectivity index (χ4n) is 5.82. The van der Waals surface area contributed by atoms with Crippen LogP contribution in [0.15, 0.2) is 110 Å². The molecule has 4 aromatic carbocycles. The number of esters is 2. The van der Waals surface area contributed by atoms with Gasteiger partial charge in [0.25, 0.3) is 0 Å². The highest BCUT2D eigenvalue weighted by atomic mass is 32.1. The van der Waals surface area contributed by atoms with E-state index in [2.05, 4.69) is 61.7 Å². The highest BCUT2D eigenvalue weighted by molar-refractivity contribution is 7.20. The fraction of sp³-hybridized carbons (Fsp3) is 0.135. The van der Waals surface area contributed by atoms with E-state index in [0.29, 0.717) is 11.5 Å². The van der Waals surface area contributed by atoms with Crippen molar-refractivity contribution in [2.24, 2.45) is 0 Å². The van der Waals surface area contributed by atoms with Gasteiger partial charge in [-0.15, -0.1) is 22.7 Å². The van der Waals surface area contributed by atoms with Crippen LogP contribution in [0.5, 0.6) is 11.5 Å². The zero-order chi connectivity index (χ0) is 32.4. The predicted octanol–water partition coefficient (Wildman–Crippen LogP) is 7.49. The molecule has 0 atom stereocenters. The molecule has 7 rings (SSSR count). The Bertz CT molecular complexity index is 2010. The topological polar surface area (TPSA) is 96.8 Å². The van der Waals surface area contributed by atoms with Crippen LogP contribution in [0.25, 0.3) is 31.6 Å². The first-order chi connectivity index (χ1) is 23.0. The molecule has 1 aliphatic carbocycles. The second-order valence-electron chi connectivity index (χ2n) is 10.6. The molecule has 0 radical (unpaired) electrons. The van der Waals surface area contributed by atoms with E-state index in [1.807, 2.05) is 36.4 Å². The highest BCUT2D eigenvalue weighted by Crippen LogP contribution is 2.58. The molecular weight excluding hydrogens is 633 g/mol. The van der Waals surface area contributed by atoms with Crippen LogP contribution in [0.2, 0.25) is 0 Å². The summed E-state index contributed by atoms with van der Waals surface area (Å²) in [5.74, 6) is 0.359. The van der Waals surface area contributed by atoms with Crippen molar-refractivity contribution >= 4 is 55.0 Å². The van der Waals surface area contributed by atoms with Crippen molar-refractivity contribution in [2.75, 3.05) is 26.4 Å². The molecule has 0 fully saturated rings. The average Bonchev–Trinajstić information content (AvgIpc) is 3.80. The summed E-state index contributed by atoms with van der Waals surface area (Å²) in [6.45, 7) is 7.52. The summed E-state index contributed by atoms with van der Waals surface area (Å²) in [6.07, 6.45) is 2.26. The Labute approximate surface area is 278 Å². The van der Waals surface area contributed by atoms with E-state index < -0.39 is 17.4 Å². The Kier molecular flexibility index (Phi) is 8.28. The number of thiazole rings is 2. The third kappa shape index (κ3) is 5.55. The molecule has 0 saturated carbocycles. The molecule has 0 saturated heterocycles. The van der Waals surface area contributed by atoms with Crippen molar-refractivity contribution in [3.63, 3.8) is 0 Å². The molecule has 1 aliphatic rings. The van der Waals surface area contributed by atoms with Crippen molar-refractivity contribution in [3.8, 4) is 22.6 Å².